The first kappa shape index (κ1) is 14.3. The highest BCUT2D eigenvalue weighted by atomic mass is 16.3. The van der Waals surface area contributed by atoms with Crippen LogP contribution in [0.25, 0.3) is 0 Å². The van der Waals surface area contributed by atoms with Gasteiger partial charge in [-0.05, 0) is 51.7 Å². The van der Waals surface area contributed by atoms with Crippen LogP contribution < -0.4 is 10.6 Å². The number of hydrogen-bond donors (Lipinski definition) is 3. The van der Waals surface area contributed by atoms with Crippen molar-refractivity contribution < 1.29 is 9.90 Å². The Labute approximate surface area is 104 Å². The average Bonchev–Trinajstić information content (AvgIpc) is 2.32. The van der Waals surface area contributed by atoms with Crippen molar-refractivity contribution in [2.24, 2.45) is 5.92 Å². The van der Waals surface area contributed by atoms with Crippen LogP contribution >= 0.6 is 0 Å². The lowest BCUT2D eigenvalue weighted by atomic mass is 9.94. The number of carbonyl (C=O) groups is 1. The van der Waals surface area contributed by atoms with E-state index in [2.05, 4.69) is 22.6 Å². The van der Waals surface area contributed by atoms with Crippen LogP contribution in [0.4, 0.5) is 4.79 Å². The second-order valence-electron chi connectivity index (χ2n) is 4.80. The smallest absolute Gasteiger partial charge is 0.314 e. The van der Waals surface area contributed by atoms with E-state index in [4.69, 9.17) is 5.11 Å². The summed E-state index contributed by atoms with van der Waals surface area (Å²) in [5.74, 6) is 0.754. The van der Waals surface area contributed by atoms with E-state index in [1.807, 2.05) is 0 Å². The molecular formula is C12H25N3O2. The lowest BCUT2D eigenvalue weighted by Crippen LogP contribution is -2.38. The Balaban J connectivity index is 1.97. The van der Waals surface area contributed by atoms with Crippen LogP contribution in [0.1, 0.15) is 25.7 Å². The number of aliphatic hydroxyl groups excluding tert-OH is 1. The quantitative estimate of drug-likeness (QED) is 0.592. The highest BCUT2D eigenvalue weighted by Crippen LogP contribution is 2.18. The number of rotatable bonds is 6. The molecule has 0 bridgehead atoms. The normalized spacial score (nSPS) is 18.0. The molecule has 5 heteroatoms. The fourth-order valence-corrected chi connectivity index (χ4v) is 2.08. The van der Waals surface area contributed by atoms with Crippen molar-refractivity contribution >= 4 is 6.03 Å². The highest BCUT2D eigenvalue weighted by molar-refractivity contribution is 5.73. The monoisotopic (exact) mass is 243 g/mol. The van der Waals surface area contributed by atoms with Gasteiger partial charge in [-0.1, -0.05) is 0 Å². The first-order chi connectivity index (χ1) is 8.22. The van der Waals surface area contributed by atoms with Gasteiger partial charge in [-0.15, -0.1) is 0 Å². The largest absolute Gasteiger partial charge is 0.396 e. The molecule has 1 rings (SSSR count). The molecule has 17 heavy (non-hydrogen) atoms. The molecule has 100 valence electrons. The maximum atomic E-state index is 11.3. The summed E-state index contributed by atoms with van der Waals surface area (Å²) in [6.45, 7) is 3.76. The molecule has 0 saturated carbocycles. The van der Waals surface area contributed by atoms with E-state index in [0.29, 0.717) is 13.0 Å². The molecule has 5 nitrogen and oxygen atoms in total. The predicted molar refractivity (Wildman–Crippen MR) is 67.9 cm³/mol. The molecule has 1 fully saturated rings. The van der Waals surface area contributed by atoms with Gasteiger partial charge in [0, 0.05) is 19.7 Å². The van der Waals surface area contributed by atoms with E-state index in [1.54, 1.807) is 0 Å². The van der Waals surface area contributed by atoms with E-state index >= 15 is 0 Å². The van der Waals surface area contributed by atoms with E-state index in [9.17, 15) is 4.79 Å². The van der Waals surface area contributed by atoms with E-state index < -0.39 is 0 Å². The van der Waals surface area contributed by atoms with Gasteiger partial charge in [-0.25, -0.2) is 4.79 Å². The number of piperidine rings is 1. The molecule has 0 radical (unpaired) electrons. The Morgan fingerprint density at radius 1 is 1.29 bits per heavy atom. The Kier molecular flexibility index (Phi) is 6.96. The number of carbonyl (C=O) groups excluding carboxylic acids is 1. The second-order valence-corrected chi connectivity index (χ2v) is 4.80. The molecule has 1 saturated heterocycles. The number of amides is 2. The van der Waals surface area contributed by atoms with Crippen LogP contribution in [0.2, 0.25) is 0 Å². The highest BCUT2D eigenvalue weighted by Gasteiger charge is 2.16. The van der Waals surface area contributed by atoms with Crippen LogP contribution in [0.15, 0.2) is 0 Å². The minimum Gasteiger partial charge on any atom is -0.396 e. The summed E-state index contributed by atoms with van der Waals surface area (Å²) in [5.41, 5.74) is 0. The summed E-state index contributed by atoms with van der Waals surface area (Å²) in [4.78, 5) is 13.7. The maximum Gasteiger partial charge on any atom is 0.314 e. The Morgan fingerprint density at radius 2 is 1.94 bits per heavy atom. The second kappa shape index (κ2) is 8.31. The Hall–Kier alpha value is -0.810. The molecule has 0 aliphatic carbocycles. The molecule has 1 heterocycles. The molecule has 0 spiro atoms. The Morgan fingerprint density at radius 3 is 2.59 bits per heavy atom. The number of aliphatic hydroxyl groups is 1. The standard InChI is InChI=1S/C12H25N3O2/c1-15-8-4-11(5-9-15)3-7-14-12(17)13-6-2-10-16/h11,16H,2-10H2,1H3,(H2,13,14,17). The molecule has 3 N–H and O–H groups in total. The number of likely N-dealkylation sites (tertiary alicyclic amines) is 1. The number of nitrogens with zero attached hydrogens (tertiary/aromatic N) is 1. The van der Waals surface area contributed by atoms with Crippen molar-refractivity contribution in [1.29, 1.82) is 0 Å². The van der Waals surface area contributed by atoms with Gasteiger partial charge in [-0.3, -0.25) is 0 Å². The molecular weight excluding hydrogens is 218 g/mol. The lowest BCUT2D eigenvalue weighted by molar-refractivity contribution is 0.209. The fraction of sp³-hybridized carbons (Fsp3) is 0.917. The topological polar surface area (TPSA) is 64.6 Å². The van der Waals surface area contributed by atoms with E-state index in [0.717, 1.165) is 18.9 Å². The van der Waals surface area contributed by atoms with Crippen molar-refractivity contribution in [3.8, 4) is 0 Å². The van der Waals surface area contributed by atoms with Crippen LogP contribution in [0.3, 0.4) is 0 Å². The van der Waals surface area contributed by atoms with Gasteiger partial charge in [0.15, 0.2) is 0 Å². The molecule has 0 aromatic rings. The van der Waals surface area contributed by atoms with Gasteiger partial charge < -0.3 is 20.6 Å². The van der Waals surface area contributed by atoms with Crippen molar-refractivity contribution in [3.63, 3.8) is 0 Å². The molecule has 0 atom stereocenters. The molecule has 1 aliphatic heterocycles. The summed E-state index contributed by atoms with van der Waals surface area (Å²) in [7, 11) is 2.16. The third-order valence-electron chi connectivity index (χ3n) is 3.30. The van der Waals surface area contributed by atoms with E-state index in [-0.39, 0.29) is 12.6 Å². The van der Waals surface area contributed by atoms with Crippen molar-refractivity contribution in [3.05, 3.63) is 0 Å². The lowest BCUT2D eigenvalue weighted by Gasteiger charge is -2.28. The maximum absolute atomic E-state index is 11.3. The minimum atomic E-state index is -0.119. The first-order valence-corrected chi connectivity index (χ1v) is 6.53. The van der Waals surface area contributed by atoms with Gasteiger partial charge >= 0.3 is 6.03 Å². The van der Waals surface area contributed by atoms with Gasteiger partial charge in [0.25, 0.3) is 0 Å². The average molecular weight is 243 g/mol. The van der Waals surface area contributed by atoms with Crippen LogP contribution in [0.5, 0.6) is 0 Å². The first-order valence-electron chi connectivity index (χ1n) is 6.53. The number of hydrogen-bond acceptors (Lipinski definition) is 3. The molecule has 0 aromatic carbocycles. The zero-order chi connectivity index (χ0) is 12.5. The van der Waals surface area contributed by atoms with Gasteiger partial charge in [0.05, 0.1) is 0 Å². The van der Waals surface area contributed by atoms with Gasteiger partial charge in [-0.2, -0.15) is 0 Å². The summed E-state index contributed by atoms with van der Waals surface area (Å²) in [6.07, 6.45) is 4.16. The summed E-state index contributed by atoms with van der Waals surface area (Å²) in [6, 6.07) is -0.119. The molecule has 0 unspecified atom stereocenters. The molecule has 1 aliphatic rings. The molecule has 2 amide bonds. The van der Waals surface area contributed by atoms with E-state index in [1.165, 1.54) is 25.9 Å². The summed E-state index contributed by atoms with van der Waals surface area (Å²) in [5, 5.41) is 14.1. The van der Waals surface area contributed by atoms with Crippen LogP contribution in [-0.2, 0) is 0 Å². The van der Waals surface area contributed by atoms with Crippen molar-refractivity contribution in [2.45, 2.75) is 25.7 Å². The van der Waals surface area contributed by atoms with Crippen molar-refractivity contribution in [2.75, 3.05) is 39.8 Å². The minimum absolute atomic E-state index is 0.119. The number of urea groups is 1. The predicted octanol–water partition coefficient (Wildman–Crippen LogP) is 0.400. The fourth-order valence-electron chi connectivity index (χ4n) is 2.08. The summed E-state index contributed by atoms with van der Waals surface area (Å²) >= 11 is 0. The Bertz CT molecular complexity index is 216. The molecule has 0 aromatic heterocycles. The SMILES string of the molecule is CN1CCC(CCNC(=O)NCCCO)CC1. The third-order valence-corrected chi connectivity index (χ3v) is 3.30. The zero-order valence-corrected chi connectivity index (χ0v) is 10.7. The summed E-state index contributed by atoms with van der Waals surface area (Å²) < 4.78 is 0. The zero-order valence-electron chi connectivity index (χ0n) is 10.7. The van der Waals surface area contributed by atoms with Crippen LogP contribution in [0, 0.1) is 5.92 Å². The van der Waals surface area contributed by atoms with Gasteiger partial charge in [0.2, 0.25) is 0 Å². The van der Waals surface area contributed by atoms with Crippen LogP contribution in [-0.4, -0.2) is 55.9 Å². The number of nitrogens with one attached hydrogen (secondary N) is 2. The third kappa shape index (κ3) is 6.48. The van der Waals surface area contributed by atoms with Crippen molar-refractivity contribution in [1.82, 2.24) is 15.5 Å². The van der Waals surface area contributed by atoms with Gasteiger partial charge in [0.1, 0.15) is 0 Å².